The molecule has 0 aliphatic carbocycles. The SMILES string of the molecule is CSc1ccc(NC(=O)CO/N=C/c2ccccc2C)cc1. The highest BCUT2D eigenvalue weighted by Crippen LogP contribution is 2.17. The zero-order valence-corrected chi connectivity index (χ0v) is 13.4. The van der Waals surface area contributed by atoms with Crippen molar-refractivity contribution in [2.24, 2.45) is 5.16 Å². The lowest BCUT2D eigenvalue weighted by molar-refractivity contribution is -0.120. The van der Waals surface area contributed by atoms with Crippen molar-refractivity contribution in [3.8, 4) is 0 Å². The molecule has 0 saturated carbocycles. The molecular formula is C17H18N2O2S. The first-order valence-electron chi connectivity index (χ1n) is 6.84. The quantitative estimate of drug-likeness (QED) is 0.502. The average Bonchev–Trinajstić information content (AvgIpc) is 2.54. The minimum Gasteiger partial charge on any atom is -0.386 e. The highest BCUT2D eigenvalue weighted by molar-refractivity contribution is 7.98. The van der Waals surface area contributed by atoms with Crippen molar-refractivity contribution in [2.75, 3.05) is 18.2 Å². The summed E-state index contributed by atoms with van der Waals surface area (Å²) in [4.78, 5) is 17.9. The molecule has 0 heterocycles. The van der Waals surface area contributed by atoms with Gasteiger partial charge in [-0.1, -0.05) is 29.4 Å². The zero-order valence-electron chi connectivity index (χ0n) is 12.6. The van der Waals surface area contributed by atoms with E-state index in [2.05, 4.69) is 10.5 Å². The molecule has 22 heavy (non-hydrogen) atoms. The van der Waals surface area contributed by atoms with Gasteiger partial charge in [0.15, 0.2) is 6.61 Å². The fourth-order valence-corrected chi connectivity index (χ4v) is 2.20. The summed E-state index contributed by atoms with van der Waals surface area (Å²) in [6, 6.07) is 15.5. The Balaban J connectivity index is 1.79. The number of anilines is 1. The number of hydrogen-bond acceptors (Lipinski definition) is 4. The molecule has 5 heteroatoms. The summed E-state index contributed by atoms with van der Waals surface area (Å²) in [6.45, 7) is 1.87. The van der Waals surface area contributed by atoms with Crippen molar-refractivity contribution in [1.82, 2.24) is 0 Å². The molecule has 1 amide bonds. The third kappa shape index (κ3) is 4.93. The van der Waals surface area contributed by atoms with Crippen LogP contribution < -0.4 is 5.32 Å². The first-order valence-corrected chi connectivity index (χ1v) is 8.06. The van der Waals surface area contributed by atoms with E-state index >= 15 is 0 Å². The number of hydrogen-bond donors (Lipinski definition) is 1. The minimum atomic E-state index is -0.237. The van der Waals surface area contributed by atoms with Gasteiger partial charge in [-0.3, -0.25) is 4.79 Å². The number of oxime groups is 1. The molecular weight excluding hydrogens is 296 g/mol. The van der Waals surface area contributed by atoms with Crippen LogP contribution in [-0.4, -0.2) is 25.0 Å². The molecule has 0 saturated heterocycles. The van der Waals surface area contributed by atoms with Crippen LogP contribution in [0.15, 0.2) is 58.6 Å². The van der Waals surface area contributed by atoms with Gasteiger partial charge in [-0.2, -0.15) is 0 Å². The molecule has 0 spiro atoms. The number of benzene rings is 2. The van der Waals surface area contributed by atoms with Gasteiger partial charge in [0, 0.05) is 10.6 Å². The van der Waals surface area contributed by atoms with Crippen LogP contribution in [0.2, 0.25) is 0 Å². The van der Waals surface area contributed by atoms with E-state index in [4.69, 9.17) is 4.84 Å². The maximum absolute atomic E-state index is 11.7. The van der Waals surface area contributed by atoms with E-state index in [-0.39, 0.29) is 12.5 Å². The molecule has 0 bridgehead atoms. The summed E-state index contributed by atoms with van der Waals surface area (Å²) in [5.41, 5.74) is 2.82. The van der Waals surface area contributed by atoms with Crippen LogP contribution in [0.4, 0.5) is 5.69 Å². The Kier molecular flexibility index (Phi) is 6.03. The Labute approximate surface area is 134 Å². The van der Waals surface area contributed by atoms with E-state index in [0.717, 1.165) is 21.7 Å². The number of nitrogens with zero attached hydrogens (tertiary/aromatic N) is 1. The molecule has 0 aliphatic rings. The van der Waals surface area contributed by atoms with Crippen molar-refractivity contribution in [3.05, 3.63) is 59.7 Å². The highest BCUT2D eigenvalue weighted by atomic mass is 32.2. The lowest BCUT2D eigenvalue weighted by atomic mass is 10.1. The van der Waals surface area contributed by atoms with E-state index in [1.54, 1.807) is 18.0 Å². The highest BCUT2D eigenvalue weighted by Gasteiger charge is 2.02. The standard InChI is InChI=1S/C17H18N2O2S/c1-13-5-3-4-6-14(13)11-18-21-12-17(20)19-15-7-9-16(22-2)10-8-15/h3-11H,12H2,1-2H3,(H,19,20)/b18-11+. The molecule has 114 valence electrons. The van der Waals surface area contributed by atoms with Crippen molar-refractivity contribution in [1.29, 1.82) is 0 Å². The topological polar surface area (TPSA) is 50.7 Å². The fourth-order valence-electron chi connectivity index (χ4n) is 1.79. The van der Waals surface area contributed by atoms with Gasteiger partial charge in [-0.25, -0.2) is 0 Å². The first-order chi connectivity index (χ1) is 10.7. The molecule has 2 aromatic carbocycles. The van der Waals surface area contributed by atoms with E-state index in [0.29, 0.717) is 0 Å². The second kappa shape index (κ2) is 8.24. The number of amides is 1. The number of carbonyl (C=O) groups excluding carboxylic acids is 1. The summed E-state index contributed by atoms with van der Waals surface area (Å²) < 4.78 is 0. The van der Waals surface area contributed by atoms with Crippen LogP contribution in [0.3, 0.4) is 0 Å². The van der Waals surface area contributed by atoms with E-state index in [1.165, 1.54) is 0 Å². The second-order valence-electron chi connectivity index (χ2n) is 4.64. The third-order valence-electron chi connectivity index (χ3n) is 3.02. The predicted octanol–water partition coefficient (Wildman–Crippen LogP) is 3.71. The Hall–Kier alpha value is -2.27. The second-order valence-corrected chi connectivity index (χ2v) is 5.52. The Morgan fingerprint density at radius 1 is 1.23 bits per heavy atom. The number of nitrogens with one attached hydrogen (secondary N) is 1. The Morgan fingerprint density at radius 2 is 1.95 bits per heavy atom. The molecule has 0 aliphatic heterocycles. The Bertz CT molecular complexity index is 654. The molecule has 0 fully saturated rings. The molecule has 0 unspecified atom stereocenters. The van der Waals surface area contributed by atoms with Gasteiger partial charge in [0.2, 0.25) is 0 Å². The normalized spacial score (nSPS) is 10.6. The van der Waals surface area contributed by atoms with Crippen molar-refractivity contribution in [3.63, 3.8) is 0 Å². The maximum atomic E-state index is 11.7. The van der Waals surface area contributed by atoms with Gasteiger partial charge < -0.3 is 10.2 Å². The average molecular weight is 314 g/mol. The summed E-state index contributed by atoms with van der Waals surface area (Å²) >= 11 is 1.66. The molecule has 0 atom stereocenters. The molecule has 1 N–H and O–H groups in total. The number of thioether (sulfide) groups is 1. The molecule has 0 radical (unpaired) electrons. The van der Waals surface area contributed by atoms with Crippen molar-refractivity contribution < 1.29 is 9.63 Å². The molecule has 2 rings (SSSR count). The molecule has 4 nitrogen and oxygen atoms in total. The molecule has 2 aromatic rings. The van der Waals surface area contributed by atoms with Crippen LogP contribution >= 0.6 is 11.8 Å². The predicted molar refractivity (Wildman–Crippen MR) is 91.6 cm³/mol. The van der Waals surface area contributed by atoms with Gasteiger partial charge in [-0.15, -0.1) is 11.8 Å². The Morgan fingerprint density at radius 3 is 2.64 bits per heavy atom. The maximum Gasteiger partial charge on any atom is 0.265 e. The summed E-state index contributed by atoms with van der Waals surface area (Å²) in [6.07, 6.45) is 3.61. The minimum absolute atomic E-state index is 0.118. The lowest BCUT2D eigenvalue weighted by Gasteiger charge is -2.05. The first kappa shape index (κ1) is 16.1. The smallest absolute Gasteiger partial charge is 0.265 e. The number of aryl methyl sites for hydroxylation is 1. The van der Waals surface area contributed by atoms with E-state index < -0.39 is 0 Å². The van der Waals surface area contributed by atoms with E-state index in [1.807, 2.05) is 61.7 Å². The summed E-state index contributed by atoms with van der Waals surface area (Å²) in [7, 11) is 0. The van der Waals surface area contributed by atoms with Gasteiger partial charge in [0.25, 0.3) is 5.91 Å². The van der Waals surface area contributed by atoms with Gasteiger partial charge in [0.1, 0.15) is 0 Å². The number of carbonyl (C=O) groups is 1. The van der Waals surface area contributed by atoms with Gasteiger partial charge >= 0.3 is 0 Å². The van der Waals surface area contributed by atoms with Crippen LogP contribution in [0.25, 0.3) is 0 Å². The molecule has 0 aromatic heterocycles. The van der Waals surface area contributed by atoms with E-state index in [9.17, 15) is 4.79 Å². The third-order valence-corrected chi connectivity index (χ3v) is 3.77. The van der Waals surface area contributed by atoms with Gasteiger partial charge in [0.05, 0.1) is 6.21 Å². The van der Waals surface area contributed by atoms with Crippen LogP contribution in [0.5, 0.6) is 0 Å². The van der Waals surface area contributed by atoms with Crippen LogP contribution in [-0.2, 0) is 9.63 Å². The monoisotopic (exact) mass is 314 g/mol. The summed E-state index contributed by atoms with van der Waals surface area (Å²) in [5.74, 6) is -0.237. The zero-order chi connectivity index (χ0) is 15.8. The van der Waals surface area contributed by atoms with Gasteiger partial charge in [-0.05, 0) is 48.6 Å². The lowest BCUT2D eigenvalue weighted by Crippen LogP contribution is -2.16. The van der Waals surface area contributed by atoms with Crippen molar-refractivity contribution >= 4 is 29.6 Å². The summed E-state index contributed by atoms with van der Waals surface area (Å²) in [5, 5.41) is 6.58. The van der Waals surface area contributed by atoms with Crippen LogP contribution in [0.1, 0.15) is 11.1 Å². The fraction of sp³-hybridized carbons (Fsp3) is 0.176. The van der Waals surface area contributed by atoms with Crippen molar-refractivity contribution in [2.45, 2.75) is 11.8 Å². The largest absolute Gasteiger partial charge is 0.386 e. The van der Waals surface area contributed by atoms with Crippen LogP contribution in [0, 0.1) is 6.92 Å². The number of rotatable bonds is 6.